The number of rotatable bonds is 9. The molecule has 0 spiro atoms. The van der Waals surface area contributed by atoms with Crippen LogP contribution < -0.4 is 20.5 Å². The number of ether oxygens (including phenoxy) is 2. The van der Waals surface area contributed by atoms with Crippen molar-refractivity contribution in [2.75, 3.05) is 18.5 Å². The summed E-state index contributed by atoms with van der Waals surface area (Å²) in [4.78, 5) is 4.53. The number of nitrogens with zero attached hydrogens (tertiary/aromatic N) is 3. The molecule has 0 aliphatic rings. The number of benzene rings is 1. The minimum Gasteiger partial charge on any atom is -0.494 e. The number of aromatic nitrogens is 2. The average Bonchev–Trinajstić information content (AvgIpc) is 2.97. The zero-order chi connectivity index (χ0) is 19.8. The van der Waals surface area contributed by atoms with Gasteiger partial charge in [0, 0.05) is 24.4 Å². The fraction of sp³-hybridized carbons (Fsp3) is 0.500. The van der Waals surface area contributed by atoms with Crippen molar-refractivity contribution >= 4 is 11.6 Å². The molecule has 1 aromatic heterocycles. The maximum absolute atomic E-state index is 6.15. The molecule has 0 amide bonds. The molecule has 2 aromatic rings. The van der Waals surface area contributed by atoms with E-state index in [0.29, 0.717) is 31.5 Å². The number of aliphatic imine (C=N–C) groups is 1. The first kappa shape index (κ1) is 20.6. The Labute approximate surface area is 161 Å². The van der Waals surface area contributed by atoms with Gasteiger partial charge in [0.05, 0.1) is 31.1 Å². The van der Waals surface area contributed by atoms with Crippen molar-refractivity contribution in [3.05, 3.63) is 35.2 Å². The van der Waals surface area contributed by atoms with E-state index in [9.17, 15) is 0 Å². The van der Waals surface area contributed by atoms with Crippen molar-refractivity contribution < 1.29 is 9.47 Å². The van der Waals surface area contributed by atoms with Crippen LogP contribution in [0.25, 0.3) is 0 Å². The summed E-state index contributed by atoms with van der Waals surface area (Å²) in [5, 5.41) is 7.72. The third-order valence-electron chi connectivity index (χ3n) is 4.26. The lowest BCUT2D eigenvalue weighted by Crippen LogP contribution is -2.23. The van der Waals surface area contributed by atoms with Crippen molar-refractivity contribution in [1.82, 2.24) is 9.78 Å². The summed E-state index contributed by atoms with van der Waals surface area (Å²) in [7, 11) is 1.97. The molecule has 0 bridgehead atoms. The highest BCUT2D eigenvalue weighted by Gasteiger charge is 2.13. The van der Waals surface area contributed by atoms with Crippen LogP contribution in [0.15, 0.2) is 23.2 Å². The number of hydrogen-bond donors (Lipinski definition) is 2. The maximum atomic E-state index is 6.15. The molecule has 7 heteroatoms. The van der Waals surface area contributed by atoms with Crippen LogP contribution in [0, 0.1) is 0 Å². The Kier molecular flexibility index (Phi) is 7.52. The molecule has 0 aliphatic carbocycles. The molecule has 1 heterocycles. The highest BCUT2D eigenvalue weighted by atomic mass is 16.5. The summed E-state index contributed by atoms with van der Waals surface area (Å²) in [5.41, 5.74) is 10.3. The topological polar surface area (TPSA) is 86.7 Å². The predicted molar refractivity (Wildman–Crippen MR) is 110 cm³/mol. The Bertz CT molecular complexity index is 783. The Hall–Kier alpha value is -2.70. The molecule has 7 nitrogen and oxygen atoms in total. The molecule has 0 fully saturated rings. The van der Waals surface area contributed by atoms with Gasteiger partial charge < -0.3 is 20.5 Å². The zero-order valence-corrected chi connectivity index (χ0v) is 17.0. The molecule has 1 aromatic carbocycles. The monoisotopic (exact) mass is 373 g/mol. The second-order valence-electron chi connectivity index (χ2n) is 6.05. The first-order chi connectivity index (χ1) is 13.0. The third-order valence-corrected chi connectivity index (χ3v) is 4.26. The first-order valence-electron chi connectivity index (χ1n) is 9.54. The van der Waals surface area contributed by atoms with Crippen LogP contribution in [-0.2, 0) is 26.4 Å². The molecule has 2 rings (SSSR count). The largest absolute Gasteiger partial charge is 0.494 e. The minimum atomic E-state index is 0.331. The van der Waals surface area contributed by atoms with Crippen LogP contribution in [0.5, 0.6) is 11.5 Å². The smallest absolute Gasteiger partial charge is 0.193 e. The van der Waals surface area contributed by atoms with Gasteiger partial charge in [-0.3, -0.25) is 4.68 Å². The standard InChI is InChI=1S/C20H31N5O2/c1-6-16-15(18(7-2)25(5)24-16)13-22-20(21)23-17-12-14(26-8-3)10-11-19(17)27-9-4/h10-12H,6-9,13H2,1-5H3,(H3,21,22,23). The molecule has 148 valence electrons. The number of nitrogens with one attached hydrogen (secondary N) is 1. The minimum absolute atomic E-state index is 0.331. The lowest BCUT2D eigenvalue weighted by molar-refractivity contribution is 0.332. The van der Waals surface area contributed by atoms with E-state index >= 15 is 0 Å². The average molecular weight is 374 g/mol. The van der Waals surface area contributed by atoms with Gasteiger partial charge in [0.1, 0.15) is 11.5 Å². The summed E-state index contributed by atoms with van der Waals surface area (Å²) >= 11 is 0. The Morgan fingerprint density at radius 2 is 1.89 bits per heavy atom. The maximum Gasteiger partial charge on any atom is 0.193 e. The van der Waals surface area contributed by atoms with Crippen molar-refractivity contribution in [3.63, 3.8) is 0 Å². The van der Waals surface area contributed by atoms with E-state index in [4.69, 9.17) is 15.2 Å². The Balaban J connectivity index is 2.21. The number of hydrogen-bond acceptors (Lipinski definition) is 4. The van der Waals surface area contributed by atoms with E-state index in [1.165, 1.54) is 5.69 Å². The van der Waals surface area contributed by atoms with Gasteiger partial charge in [0.2, 0.25) is 0 Å². The molecule has 0 saturated carbocycles. The van der Waals surface area contributed by atoms with Crippen molar-refractivity contribution in [2.45, 2.75) is 47.1 Å². The number of aryl methyl sites for hydroxylation is 2. The van der Waals surface area contributed by atoms with Gasteiger partial charge in [0.15, 0.2) is 5.96 Å². The van der Waals surface area contributed by atoms with Crippen molar-refractivity contribution in [3.8, 4) is 11.5 Å². The van der Waals surface area contributed by atoms with Gasteiger partial charge >= 0.3 is 0 Å². The lowest BCUT2D eigenvalue weighted by atomic mass is 10.1. The number of nitrogens with two attached hydrogens (primary N) is 1. The zero-order valence-electron chi connectivity index (χ0n) is 17.0. The summed E-state index contributed by atoms with van der Waals surface area (Å²) in [5.74, 6) is 1.80. The van der Waals surface area contributed by atoms with Crippen molar-refractivity contribution in [2.24, 2.45) is 17.8 Å². The van der Waals surface area contributed by atoms with Crippen molar-refractivity contribution in [1.29, 1.82) is 0 Å². The molecular formula is C20H31N5O2. The van der Waals surface area contributed by atoms with Gasteiger partial charge in [-0.25, -0.2) is 4.99 Å². The van der Waals surface area contributed by atoms with Crippen LogP contribution in [-0.4, -0.2) is 29.0 Å². The quantitative estimate of drug-likeness (QED) is 0.520. The normalized spacial score (nSPS) is 11.5. The van der Waals surface area contributed by atoms with Gasteiger partial charge in [-0.2, -0.15) is 5.10 Å². The molecule has 0 atom stereocenters. The number of anilines is 1. The Morgan fingerprint density at radius 1 is 1.15 bits per heavy atom. The Morgan fingerprint density at radius 3 is 2.52 bits per heavy atom. The molecular weight excluding hydrogens is 342 g/mol. The molecule has 3 N–H and O–H groups in total. The highest BCUT2D eigenvalue weighted by molar-refractivity contribution is 5.94. The number of guanidine groups is 1. The van der Waals surface area contributed by atoms with E-state index in [1.54, 1.807) is 0 Å². The van der Waals surface area contributed by atoms with Gasteiger partial charge in [0.25, 0.3) is 0 Å². The van der Waals surface area contributed by atoms with Crippen LogP contribution in [0.4, 0.5) is 5.69 Å². The van der Waals surface area contributed by atoms with Gasteiger partial charge in [-0.15, -0.1) is 0 Å². The molecule has 0 unspecified atom stereocenters. The predicted octanol–water partition coefficient (Wildman–Crippen LogP) is 3.27. The van der Waals surface area contributed by atoms with Gasteiger partial charge in [-0.05, 0) is 38.8 Å². The van der Waals surface area contributed by atoms with E-state index in [2.05, 4.69) is 29.3 Å². The van der Waals surface area contributed by atoms with E-state index in [1.807, 2.05) is 43.8 Å². The van der Waals surface area contributed by atoms with Crippen LogP contribution in [0.3, 0.4) is 0 Å². The molecule has 27 heavy (non-hydrogen) atoms. The fourth-order valence-electron chi connectivity index (χ4n) is 3.06. The second-order valence-corrected chi connectivity index (χ2v) is 6.05. The lowest BCUT2D eigenvalue weighted by Gasteiger charge is -2.14. The summed E-state index contributed by atoms with van der Waals surface area (Å²) < 4.78 is 13.2. The second kappa shape index (κ2) is 9.85. The summed E-state index contributed by atoms with van der Waals surface area (Å²) in [6.45, 7) is 9.77. The molecule has 0 saturated heterocycles. The molecule has 0 aliphatic heterocycles. The highest BCUT2D eigenvalue weighted by Crippen LogP contribution is 2.29. The van der Waals surface area contributed by atoms with E-state index < -0.39 is 0 Å². The van der Waals surface area contributed by atoms with E-state index in [0.717, 1.165) is 35.5 Å². The van der Waals surface area contributed by atoms with Crippen LogP contribution in [0.2, 0.25) is 0 Å². The third kappa shape index (κ3) is 5.15. The van der Waals surface area contributed by atoms with Crippen LogP contribution >= 0.6 is 0 Å². The van der Waals surface area contributed by atoms with E-state index in [-0.39, 0.29) is 0 Å². The summed E-state index contributed by atoms with van der Waals surface area (Å²) in [6.07, 6.45) is 1.78. The van der Waals surface area contributed by atoms with Gasteiger partial charge in [-0.1, -0.05) is 13.8 Å². The van der Waals surface area contributed by atoms with Crippen LogP contribution in [0.1, 0.15) is 44.6 Å². The summed E-state index contributed by atoms with van der Waals surface area (Å²) in [6, 6.07) is 5.62. The fourth-order valence-corrected chi connectivity index (χ4v) is 3.06. The molecule has 0 radical (unpaired) electrons. The SMILES string of the molecule is CCOc1ccc(OCC)c(NC(N)=NCc2c(CC)nn(C)c2CC)c1. The first-order valence-corrected chi connectivity index (χ1v) is 9.54.